The second kappa shape index (κ2) is 6.84. The summed E-state index contributed by atoms with van der Waals surface area (Å²) in [6.07, 6.45) is 1.76. The lowest BCUT2D eigenvalue weighted by Crippen LogP contribution is -2.12. The largest absolute Gasteiger partial charge is 0.485 e. The second-order valence-corrected chi connectivity index (χ2v) is 7.22. The standard InChI is InChI=1S/C17H15IN2O2S/c1-11-9-15(12(2)20(11)17-19-7-8-23-17)16(21)10-22-14-5-3-13(18)4-6-14/h3-9H,10H2,1-2H3. The predicted octanol–water partition coefficient (Wildman–Crippen LogP) is 4.42. The highest BCUT2D eigenvalue weighted by Crippen LogP contribution is 2.23. The Labute approximate surface area is 152 Å². The van der Waals surface area contributed by atoms with Crippen LogP contribution < -0.4 is 4.74 Å². The van der Waals surface area contributed by atoms with E-state index in [4.69, 9.17) is 4.74 Å². The van der Waals surface area contributed by atoms with Gasteiger partial charge >= 0.3 is 0 Å². The average molecular weight is 438 g/mol. The van der Waals surface area contributed by atoms with E-state index in [9.17, 15) is 4.79 Å². The third kappa shape index (κ3) is 3.48. The van der Waals surface area contributed by atoms with E-state index in [1.807, 2.05) is 54.1 Å². The van der Waals surface area contributed by atoms with Crippen LogP contribution in [0.5, 0.6) is 5.75 Å². The summed E-state index contributed by atoms with van der Waals surface area (Å²) in [5, 5.41) is 2.80. The van der Waals surface area contributed by atoms with Crippen molar-refractivity contribution in [1.82, 2.24) is 9.55 Å². The molecule has 2 aromatic heterocycles. The number of ketones is 1. The molecule has 1 aromatic carbocycles. The van der Waals surface area contributed by atoms with E-state index < -0.39 is 0 Å². The summed E-state index contributed by atoms with van der Waals surface area (Å²) in [7, 11) is 0. The van der Waals surface area contributed by atoms with Crippen LogP contribution in [0.4, 0.5) is 0 Å². The molecule has 0 aliphatic rings. The van der Waals surface area contributed by atoms with Gasteiger partial charge < -0.3 is 4.74 Å². The first-order valence-electron chi connectivity index (χ1n) is 7.06. The Kier molecular flexibility index (Phi) is 4.82. The molecule has 6 heteroatoms. The number of ether oxygens (including phenoxy) is 1. The molecule has 0 aliphatic carbocycles. The van der Waals surface area contributed by atoms with Gasteiger partial charge in [0.05, 0.1) is 0 Å². The maximum Gasteiger partial charge on any atom is 0.202 e. The molecule has 0 unspecified atom stereocenters. The van der Waals surface area contributed by atoms with Gasteiger partial charge in [-0.3, -0.25) is 9.36 Å². The first kappa shape index (κ1) is 16.2. The van der Waals surface area contributed by atoms with E-state index in [2.05, 4.69) is 27.6 Å². The quantitative estimate of drug-likeness (QED) is 0.438. The van der Waals surface area contributed by atoms with Gasteiger partial charge in [-0.15, -0.1) is 11.3 Å². The zero-order chi connectivity index (χ0) is 16.4. The molecule has 0 radical (unpaired) electrons. The van der Waals surface area contributed by atoms with Crippen molar-refractivity contribution in [2.75, 3.05) is 6.61 Å². The molecular weight excluding hydrogens is 423 g/mol. The molecule has 0 saturated heterocycles. The number of carbonyl (C=O) groups excluding carboxylic acids is 1. The molecule has 0 aliphatic heterocycles. The summed E-state index contributed by atoms with van der Waals surface area (Å²) >= 11 is 3.78. The molecule has 23 heavy (non-hydrogen) atoms. The van der Waals surface area contributed by atoms with Gasteiger partial charge in [-0.25, -0.2) is 4.98 Å². The number of halogens is 1. The average Bonchev–Trinajstić information content (AvgIpc) is 3.14. The Morgan fingerprint density at radius 3 is 2.70 bits per heavy atom. The predicted molar refractivity (Wildman–Crippen MR) is 99.9 cm³/mol. The Balaban J connectivity index is 1.78. The van der Waals surface area contributed by atoms with Crippen molar-refractivity contribution in [3.05, 3.63) is 62.4 Å². The molecule has 0 saturated carbocycles. The molecule has 2 heterocycles. The Bertz CT molecular complexity index is 823. The van der Waals surface area contributed by atoms with E-state index in [0.717, 1.165) is 20.1 Å². The highest BCUT2D eigenvalue weighted by molar-refractivity contribution is 14.1. The normalized spacial score (nSPS) is 10.7. The maximum absolute atomic E-state index is 12.5. The van der Waals surface area contributed by atoms with E-state index in [0.29, 0.717) is 11.3 Å². The first-order valence-corrected chi connectivity index (χ1v) is 9.02. The van der Waals surface area contributed by atoms with Crippen molar-refractivity contribution < 1.29 is 9.53 Å². The highest BCUT2D eigenvalue weighted by Gasteiger charge is 2.18. The minimum atomic E-state index is -0.0283. The van der Waals surface area contributed by atoms with Crippen molar-refractivity contribution in [3.8, 4) is 10.9 Å². The van der Waals surface area contributed by atoms with Gasteiger partial charge in [0.25, 0.3) is 0 Å². The molecular formula is C17H15IN2O2S. The number of benzene rings is 1. The third-order valence-electron chi connectivity index (χ3n) is 3.53. The third-order valence-corrected chi connectivity index (χ3v) is 5.00. The molecule has 118 valence electrons. The van der Waals surface area contributed by atoms with Crippen LogP contribution in [-0.4, -0.2) is 21.9 Å². The zero-order valence-corrected chi connectivity index (χ0v) is 15.7. The Morgan fingerprint density at radius 2 is 2.04 bits per heavy atom. The molecule has 3 rings (SSSR count). The number of rotatable bonds is 5. The lowest BCUT2D eigenvalue weighted by molar-refractivity contribution is 0.0921. The molecule has 0 fully saturated rings. The molecule has 3 aromatic rings. The van der Waals surface area contributed by atoms with Gasteiger partial charge in [-0.1, -0.05) is 0 Å². The van der Waals surface area contributed by atoms with Crippen LogP contribution in [0.15, 0.2) is 41.9 Å². The molecule has 0 spiro atoms. The van der Waals surface area contributed by atoms with Crippen molar-refractivity contribution in [1.29, 1.82) is 0 Å². The van der Waals surface area contributed by atoms with Crippen LogP contribution in [0.25, 0.3) is 5.13 Å². The van der Waals surface area contributed by atoms with Crippen LogP contribution in [0.2, 0.25) is 0 Å². The lowest BCUT2D eigenvalue weighted by Gasteiger charge is -2.07. The summed E-state index contributed by atoms with van der Waals surface area (Å²) in [6, 6.07) is 9.54. The van der Waals surface area contributed by atoms with Crippen molar-refractivity contribution in [2.24, 2.45) is 0 Å². The summed E-state index contributed by atoms with van der Waals surface area (Å²) in [5.41, 5.74) is 2.58. The highest BCUT2D eigenvalue weighted by atomic mass is 127. The first-order chi connectivity index (χ1) is 11.1. The minimum Gasteiger partial charge on any atom is -0.485 e. The van der Waals surface area contributed by atoms with Crippen LogP contribution in [0.3, 0.4) is 0 Å². The topological polar surface area (TPSA) is 44.1 Å². The zero-order valence-electron chi connectivity index (χ0n) is 12.7. The van der Waals surface area contributed by atoms with Crippen LogP contribution in [0.1, 0.15) is 21.7 Å². The van der Waals surface area contributed by atoms with Gasteiger partial charge in [-0.2, -0.15) is 0 Å². The fourth-order valence-electron chi connectivity index (χ4n) is 2.42. The van der Waals surface area contributed by atoms with Gasteiger partial charge in [0.15, 0.2) is 11.7 Å². The molecule has 0 atom stereocenters. The lowest BCUT2D eigenvalue weighted by atomic mass is 10.1. The van der Waals surface area contributed by atoms with E-state index >= 15 is 0 Å². The summed E-state index contributed by atoms with van der Waals surface area (Å²) in [4.78, 5) is 16.8. The van der Waals surface area contributed by atoms with Gasteiger partial charge in [-0.05, 0) is 66.8 Å². The van der Waals surface area contributed by atoms with E-state index in [1.54, 1.807) is 17.5 Å². The fraction of sp³-hybridized carbons (Fsp3) is 0.176. The number of aryl methyl sites for hydroxylation is 1. The number of carbonyl (C=O) groups is 1. The monoisotopic (exact) mass is 438 g/mol. The van der Waals surface area contributed by atoms with Gasteiger partial charge in [0.1, 0.15) is 5.75 Å². The fourth-order valence-corrected chi connectivity index (χ4v) is 3.53. The van der Waals surface area contributed by atoms with Crippen LogP contribution in [0, 0.1) is 17.4 Å². The Hall–Kier alpha value is -1.67. The minimum absolute atomic E-state index is 0.0283. The van der Waals surface area contributed by atoms with Gasteiger partial charge in [0.2, 0.25) is 5.78 Å². The summed E-state index contributed by atoms with van der Waals surface area (Å²) in [6.45, 7) is 3.94. The van der Waals surface area contributed by atoms with Crippen LogP contribution >= 0.6 is 33.9 Å². The second-order valence-electron chi connectivity index (χ2n) is 5.10. The molecule has 0 bridgehead atoms. The number of nitrogens with zero attached hydrogens (tertiary/aromatic N) is 2. The van der Waals surface area contributed by atoms with E-state index in [1.165, 1.54) is 0 Å². The number of hydrogen-bond donors (Lipinski definition) is 0. The number of thiazole rings is 1. The van der Waals surface area contributed by atoms with Crippen molar-refractivity contribution in [3.63, 3.8) is 0 Å². The molecule has 4 nitrogen and oxygen atoms in total. The number of hydrogen-bond acceptors (Lipinski definition) is 4. The van der Waals surface area contributed by atoms with Crippen LogP contribution in [-0.2, 0) is 0 Å². The maximum atomic E-state index is 12.5. The SMILES string of the molecule is Cc1cc(C(=O)COc2ccc(I)cc2)c(C)n1-c1nccs1. The number of aromatic nitrogens is 2. The molecule has 0 N–H and O–H groups in total. The van der Waals surface area contributed by atoms with Crippen molar-refractivity contribution in [2.45, 2.75) is 13.8 Å². The smallest absolute Gasteiger partial charge is 0.202 e. The summed E-state index contributed by atoms with van der Waals surface area (Å²) in [5.74, 6) is 0.673. The summed E-state index contributed by atoms with van der Waals surface area (Å²) < 4.78 is 8.73. The Morgan fingerprint density at radius 1 is 1.30 bits per heavy atom. The van der Waals surface area contributed by atoms with Gasteiger partial charge in [0, 0.05) is 32.1 Å². The molecule has 0 amide bonds. The van der Waals surface area contributed by atoms with E-state index in [-0.39, 0.29) is 12.4 Å². The number of Topliss-reactive ketones (excluding diaryl/α,β-unsaturated/α-hetero) is 1. The van der Waals surface area contributed by atoms with Crippen molar-refractivity contribution >= 4 is 39.7 Å².